The molecule has 2 amide bonds. The molecule has 6 nitrogen and oxygen atoms in total. The van der Waals surface area contributed by atoms with Crippen molar-refractivity contribution in [3.05, 3.63) is 101 Å². The van der Waals surface area contributed by atoms with E-state index in [-0.39, 0.29) is 0 Å². The van der Waals surface area contributed by atoms with Crippen molar-refractivity contribution >= 4 is 23.3 Å². The topological polar surface area (TPSA) is 80.0 Å². The van der Waals surface area contributed by atoms with Gasteiger partial charge in [-0.2, -0.15) is 0 Å². The van der Waals surface area contributed by atoms with E-state index in [1.807, 2.05) is 60.7 Å². The monoisotopic (exact) mass is 404 g/mol. The van der Waals surface area contributed by atoms with Crippen LogP contribution >= 0.6 is 11.6 Å². The van der Waals surface area contributed by atoms with Crippen LogP contribution < -0.4 is 10.6 Å². The maximum absolute atomic E-state index is 12.6. The third-order valence-electron chi connectivity index (χ3n) is 4.22. The Morgan fingerprint density at radius 1 is 0.862 bits per heavy atom. The summed E-state index contributed by atoms with van der Waals surface area (Å²) in [4.78, 5) is 12.6. The third-order valence-corrected chi connectivity index (χ3v) is 4.47. The fourth-order valence-electron chi connectivity index (χ4n) is 2.81. The van der Waals surface area contributed by atoms with Crippen LogP contribution in [0.4, 0.5) is 10.5 Å². The van der Waals surface area contributed by atoms with Gasteiger partial charge in [0.1, 0.15) is 6.04 Å². The Morgan fingerprint density at radius 2 is 1.52 bits per heavy atom. The lowest BCUT2D eigenvalue weighted by Crippen LogP contribution is -2.33. The van der Waals surface area contributed by atoms with Crippen molar-refractivity contribution in [3.63, 3.8) is 0 Å². The Balaban J connectivity index is 1.58. The van der Waals surface area contributed by atoms with Crippen molar-refractivity contribution in [2.24, 2.45) is 0 Å². The van der Waals surface area contributed by atoms with Crippen LogP contribution in [0.3, 0.4) is 0 Å². The lowest BCUT2D eigenvalue weighted by molar-refractivity contribution is 0.248. The second-order valence-corrected chi connectivity index (χ2v) is 6.70. The summed E-state index contributed by atoms with van der Waals surface area (Å²) in [5, 5.41) is 14.6. The number of carbonyl (C=O) groups excluding carboxylic acids is 1. The zero-order chi connectivity index (χ0) is 20.1. The number of carbonyl (C=O) groups is 1. The molecule has 3 aromatic carbocycles. The maximum Gasteiger partial charge on any atom is 0.320 e. The van der Waals surface area contributed by atoms with E-state index in [4.69, 9.17) is 16.0 Å². The highest BCUT2D eigenvalue weighted by molar-refractivity contribution is 6.30. The highest BCUT2D eigenvalue weighted by Gasteiger charge is 2.23. The second kappa shape index (κ2) is 8.58. The number of amides is 2. The molecule has 0 aliphatic rings. The van der Waals surface area contributed by atoms with Gasteiger partial charge in [0.2, 0.25) is 11.8 Å². The highest BCUT2D eigenvalue weighted by atomic mass is 35.5. The molecule has 1 heterocycles. The van der Waals surface area contributed by atoms with E-state index >= 15 is 0 Å². The Bertz CT molecular complexity index is 1080. The quantitative estimate of drug-likeness (QED) is 0.473. The van der Waals surface area contributed by atoms with Crippen LogP contribution in [-0.4, -0.2) is 16.2 Å². The van der Waals surface area contributed by atoms with Crippen LogP contribution in [0.15, 0.2) is 89.3 Å². The molecule has 0 bridgehead atoms. The number of nitrogens with one attached hydrogen (secondary N) is 2. The van der Waals surface area contributed by atoms with Gasteiger partial charge in [-0.1, -0.05) is 60.1 Å². The predicted molar refractivity (Wildman–Crippen MR) is 112 cm³/mol. The molecule has 2 N–H and O–H groups in total. The number of aromatic nitrogens is 2. The van der Waals surface area contributed by atoms with Gasteiger partial charge in [-0.15, -0.1) is 10.2 Å². The van der Waals surface area contributed by atoms with Gasteiger partial charge in [0.15, 0.2) is 0 Å². The molecular formula is C22H17ClN4O2. The van der Waals surface area contributed by atoms with E-state index in [1.165, 1.54) is 0 Å². The Morgan fingerprint density at radius 3 is 2.21 bits per heavy atom. The zero-order valence-electron chi connectivity index (χ0n) is 15.2. The summed E-state index contributed by atoms with van der Waals surface area (Å²) in [6.07, 6.45) is 0. The van der Waals surface area contributed by atoms with Gasteiger partial charge in [-0.3, -0.25) is 0 Å². The predicted octanol–water partition coefficient (Wildman–Crippen LogP) is 5.30. The molecule has 4 rings (SSSR count). The van der Waals surface area contributed by atoms with E-state index in [2.05, 4.69) is 20.8 Å². The van der Waals surface area contributed by atoms with E-state index in [9.17, 15) is 4.79 Å². The van der Waals surface area contributed by atoms with Gasteiger partial charge in [0, 0.05) is 16.3 Å². The van der Waals surface area contributed by atoms with E-state index < -0.39 is 12.1 Å². The summed E-state index contributed by atoms with van der Waals surface area (Å²) >= 11 is 5.89. The summed E-state index contributed by atoms with van der Waals surface area (Å²) in [5.74, 6) is 0.683. The van der Waals surface area contributed by atoms with Crippen LogP contribution in [0.5, 0.6) is 0 Å². The molecule has 0 radical (unpaired) electrons. The van der Waals surface area contributed by atoms with E-state index in [0.717, 1.165) is 11.1 Å². The first-order valence-corrected chi connectivity index (χ1v) is 9.34. The lowest BCUT2D eigenvalue weighted by atomic mass is 10.1. The van der Waals surface area contributed by atoms with Crippen LogP contribution in [0.25, 0.3) is 11.5 Å². The van der Waals surface area contributed by atoms with Crippen molar-refractivity contribution < 1.29 is 9.21 Å². The molecule has 0 aliphatic carbocycles. The smallest absolute Gasteiger partial charge is 0.320 e. The first-order chi connectivity index (χ1) is 14.2. The zero-order valence-corrected chi connectivity index (χ0v) is 16.0. The Hall–Kier alpha value is -3.64. The average Bonchev–Trinajstić information content (AvgIpc) is 3.25. The number of benzene rings is 3. The van der Waals surface area contributed by atoms with Gasteiger partial charge in [0.05, 0.1) is 0 Å². The number of hydrogen-bond donors (Lipinski definition) is 2. The minimum Gasteiger partial charge on any atom is -0.418 e. The normalized spacial score (nSPS) is 11.6. The molecule has 1 aromatic heterocycles. The summed E-state index contributed by atoms with van der Waals surface area (Å²) in [6, 6.07) is 24.8. The van der Waals surface area contributed by atoms with Crippen molar-refractivity contribution in [1.82, 2.24) is 15.5 Å². The Kier molecular flexibility index (Phi) is 5.54. The van der Waals surface area contributed by atoms with Crippen LogP contribution in [-0.2, 0) is 0 Å². The van der Waals surface area contributed by atoms with Crippen molar-refractivity contribution in [2.75, 3.05) is 5.32 Å². The lowest BCUT2D eigenvalue weighted by Gasteiger charge is -2.16. The van der Waals surface area contributed by atoms with Crippen molar-refractivity contribution in [3.8, 4) is 11.5 Å². The molecule has 4 aromatic rings. The fourth-order valence-corrected chi connectivity index (χ4v) is 2.94. The number of anilines is 1. The summed E-state index contributed by atoms with van der Waals surface area (Å²) < 4.78 is 5.87. The summed E-state index contributed by atoms with van der Waals surface area (Å²) in [6.45, 7) is 0. The summed E-state index contributed by atoms with van der Waals surface area (Å²) in [7, 11) is 0. The minimum absolute atomic E-state index is 0.293. The SMILES string of the molecule is O=C(Nc1ccc(Cl)cc1)N[C@@H](c1ccccc1)c1nnc(-c2ccccc2)o1. The molecule has 144 valence electrons. The maximum atomic E-state index is 12.6. The molecule has 0 aliphatic heterocycles. The fraction of sp³-hybridized carbons (Fsp3) is 0.0455. The van der Waals surface area contributed by atoms with Gasteiger partial charge < -0.3 is 15.1 Å². The largest absolute Gasteiger partial charge is 0.418 e. The minimum atomic E-state index is -0.603. The molecule has 29 heavy (non-hydrogen) atoms. The number of rotatable bonds is 5. The van der Waals surface area contributed by atoms with Gasteiger partial charge >= 0.3 is 6.03 Å². The van der Waals surface area contributed by atoms with Gasteiger partial charge in [-0.05, 0) is 42.0 Å². The first-order valence-electron chi connectivity index (χ1n) is 8.96. The third kappa shape index (κ3) is 4.62. The van der Waals surface area contributed by atoms with Crippen LogP contribution in [0.2, 0.25) is 5.02 Å². The van der Waals surface area contributed by atoms with Gasteiger partial charge in [-0.25, -0.2) is 4.79 Å². The molecular weight excluding hydrogens is 388 g/mol. The summed E-state index contributed by atoms with van der Waals surface area (Å²) in [5.41, 5.74) is 2.25. The number of nitrogens with zero attached hydrogens (tertiary/aromatic N) is 2. The molecule has 1 atom stereocenters. The molecule has 0 saturated heterocycles. The van der Waals surface area contributed by atoms with E-state index in [1.54, 1.807) is 24.3 Å². The number of hydrogen-bond acceptors (Lipinski definition) is 4. The second-order valence-electron chi connectivity index (χ2n) is 6.26. The first kappa shape index (κ1) is 18.7. The van der Waals surface area contributed by atoms with Crippen molar-refractivity contribution in [1.29, 1.82) is 0 Å². The average molecular weight is 405 g/mol. The molecule has 7 heteroatoms. The Labute approximate surface area is 172 Å². The standard InChI is InChI=1S/C22H17ClN4O2/c23-17-11-13-18(14-12-17)24-22(28)25-19(15-7-3-1-4-8-15)21-27-26-20(29-21)16-9-5-2-6-10-16/h1-14,19H,(H2,24,25,28)/t19-/m0/s1. The molecule has 0 unspecified atom stereocenters. The number of halogens is 1. The van der Waals surface area contributed by atoms with E-state index in [0.29, 0.717) is 22.5 Å². The van der Waals surface area contributed by atoms with Crippen molar-refractivity contribution in [2.45, 2.75) is 6.04 Å². The molecule has 0 saturated carbocycles. The molecule has 0 spiro atoms. The van der Waals surface area contributed by atoms with Gasteiger partial charge in [0.25, 0.3) is 0 Å². The highest BCUT2D eigenvalue weighted by Crippen LogP contribution is 2.25. The molecule has 0 fully saturated rings. The van der Waals surface area contributed by atoms with Crippen LogP contribution in [0, 0.1) is 0 Å². The number of urea groups is 1. The van der Waals surface area contributed by atoms with Crippen LogP contribution in [0.1, 0.15) is 17.5 Å².